The Hall–Kier alpha value is -1.55. The second kappa shape index (κ2) is 6.27. The van der Waals surface area contributed by atoms with Crippen molar-refractivity contribution in [3.8, 4) is 0 Å². The fourth-order valence-electron chi connectivity index (χ4n) is 3.46. The van der Waals surface area contributed by atoms with Gasteiger partial charge in [-0.05, 0) is 29.9 Å². The smallest absolute Gasteiger partial charge is 0.0623 e. The van der Waals surface area contributed by atoms with Crippen molar-refractivity contribution in [1.29, 1.82) is 0 Å². The van der Waals surface area contributed by atoms with Crippen LogP contribution >= 0.6 is 0 Å². The molecule has 2 atom stereocenters. The van der Waals surface area contributed by atoms with Gasteiger partial charge in [0.2, 0.25) is 0 Å². The fraction of sp³-hybridized carbons (Fsp3) is 0.600. The molecule has 0 aromatic heterocycles. The third kappa shape index (κ3) is 2.96. The summed E-state index contributed by atoms with van der Waals surface area (Å²) in [6, 6.07) is 11.5. The molecule has 0 radical (unpaired) electrons. The second-order valence-corrected chi connectivity index (χ2v) is 5.75. The fourth-order valence-corrected chi connectivity index (χ4v) is 3.46. The van der Waals surface area contributed by atoms with Crippen LogP contribution in [0.5, 0.6) is 0 Å². The lowest BCUT2D eigenvalue weighted by Crippen LogP contribution is -2.56. The number of ether oxygens (including phenoxy) is 1. The molecule has 0 saturated carbocycles. The van der Waals surface area contributed by atoms with Crippen molar-refractivity contribution in [3.05, 3.63) is 46.3 Å². The van der Waals surface area contributed by atoms with E-state index in [0.717, 1.165) is 32.6 Å². The first-order chi connectivity index (χ1) is 9.86. The lowest BCUT2D eigenvalue weighted by molar-refractivity contribution is -0.0906. The van der Waals surface area contributed by atoms with Crippen LogP contribution in [0.1, 0.15) is 18.4 Å². The highest BCUT2D eigenvalue weighted by Gasteiger charge is 2.38. The zero-order chi connectivity index (χ0) is 13.8. The Balaban J connectivity index is 1.68. The third-order valence-corrected chi connectivity index (χ3v) is 4.38. The number of nitrogens with zero attached hydrogens (tertiary/aromatic N) is 4. The number of morpholine rings is 1. The Labute approximate surface area is 119 Å². The van der Waals surface area contributed by atoms with E-state index in [0.29, 0.717) is 24.5 Å². The van der Waals surface area contributed by atoms with Crippen LogP contribution in [0.15, 0.2) is 35.4 Å². The topological polar surface area (TPSA) is 61.2 Å². The van der Waals surface area contributed by atoms with E-state index in [1.54, 1.807) is 0 Å². The second-order valence-electron chi connectivity index (χ2n) is 5.75. The number of azide groups is 1. The molecule has 2 fully saturated rings. The lowest BCUT2D eigenvalue weighted by atomic mass is 9.84. The van der Waals surface area contributed by atoms with Crippen molar-refractivity contribution >= 4 is 0 Å². The summed E-state index contributed by atoms with van der Waals surface area (Å²) in [6.07, 6.45) is 2.14. The molecule has 3 rings (SSSR count). The van der Waals surface area contributed by atoms with Crippen LogP contribution in [0.4, 0.5) is 0 Å². The number of fused-ring (bicyclic) bond motifs is 2. The predicted octanol–water partition coefficient (Wildman–Crippen LogP) is 2.98. The lowest BCUT2D eigenvalue weighted by Gasteiger charge is -2.48. The predicted molar refractivity (Wildman–Crippen MR) is 77.1 cm³/mol. The first kappa shape index (κ1) is 13.4. The Morgan fingerprint density at radius 2 is 1.90 bits per heavy atom. The largest absolute Gasteiger partial charge is 0.378 e. The molecule has 106 valence electrons. The summed E-state index contributed by atoms with van der Waals surface area (Å²) in [6.45, 7) is 3.22. The van der Waals surface area contributed by atoms with Crippen LogP contribution in [0.25, 0.3) is 10.4 Å². The molecule has 5 nitrogen and oxygen atoms in total. The van der Waals surface area contributed by atoms with Crippen LogP contribution in [0.3, 0.4) is 0 Å². The Bertz CT molecular complexity index is 472. The van der Waals surface area contributed by atoms with Crippen LogP contribution in [0.2, 0.25) is 0 Å². The van der Waals surface area contributed by atoms with Crippen LogP contribution < -0.4 is 0 Å². The molecule has 0 amide bonds. The van der Waals surface area contributed by atoms with E-state index >= 15 is 0 Å². The Morgan fingerprint density at radius 3 is 2.55 bits per heavy atom. The molecular formula is C15H20N4O. The number of piperidine rings is 1. The van der Waals surface area contributed by atoms with Gasteiger partial charge >= 0.3 is 0 Å². The molecule has 5 heteroatoms. The van der Waals surface area contributed by atoms with Crippen LogP contribution in [0, 0.1) is 5.92 Å². The molecule has 0 N–H and O–H groups in total. The number of benzene rings is 1. The first-order valence-electron chi connectivity index (χ1n) is 7.25. The van der Waals surface area contributed by atoms with Gasteiger partial charge in [-0.3, -0.25) is 4.90 Å². The maximum Gasteiger partial charge on any atom is 0.0623 e. The highest BCUT2D eigenvalue weighted by molar-refractivity contribution is 5.15. The summed E-state index contributed by atoms with van der Waals surface area (Å²) in [5, 5.41) is 3.75. The maximum atomic E-state index is 8.47. The van der Waals surface area contributed by atoms with Crippen molar-refractivity contribution in [2.45, 2.75) is 31.5 Å². The monoisotopic (exact) mass is 272 g/mol. The first-order valence-corrected chi connectivity index (χ1v) is 7.25. The average molecular weight is 272 g/mol. The summed E-state index contributed by atoms with van der Waals surface area (Å²) in [4.78, 5) is 5.47. The van der Waals surface area contributed by atoms with Crippen LogP contribution in [-0.4, -0.2) is 36.7 Å². The third-order valence-electron chi connectivity index (χ3n) is 4.38. The van der Waals surface area contributed by atoms with Gasteiger partial charge in [-0.2, -0.15) is 0 Å². The zero-order valence-electron chi connectivity index (χ0n) is 11.6. The van der Waals surface area contributed by atoms with Gasteiger partial charge in [-0.25, -0.2) is 0 Å². The molecular weight excluding hydrogens is 252 g/mol. The highest BCUT2D eigenvalue weighted by atomic mass is 16.5. The molecule has 20 heavy (non-hydrogen) atoms. The van der Waals surface area contributed by atoms with E-state index in [2.05, 4.69) is 45.3 Å². The molecule has 2 aliphatic heterocycles. The summed E-state index contributed by atoms with van der Waals surface area (Å²) in [5.41, 5.74) is 9.83. The molecule has 0 spiro atoms. The molecule has 2 aliphatic rings. The van der Waals surface area contributed by atoms with E-state index < -0.39 is 0 Å². The summed E-state index contributed by atoms with van der Waals surface area (Å²) in [7, 11) is 0. The van der Waals surface area contributed by atoms with Crippen molar-refractivity contribution in [2.24, 2.45) is 11.0 Å². The van der Waals surface area contributed by atoms with E-state index in [1.807, 2.05) is 0 Å². The van der Waals surface area contributed by atoms with Crippen molar-refractivity contribution in [2.75, 3.05) is 19.8 Å². The minimum atomic E-state index is 0.460. The highest BCUT2D eigenvalue weighted by Crippen LogP contribution is 2.33. The maximum absolute atomic E-state index is 8.47. The minimum absolute atomic E-state index is 0.460. The molecule has 1 aromatic rings. The summed E-state index contributed by atoms with van der Waals surface area (Å²) >= 11 is 0. The average Bonchev–Trinajstić information content (AvgIpc) is 2.46. The number of hydrogen-bond donors (Lipinski definition) is 0. The van der Waals surface area contributed by atoms with Gasteiger partial charge in [0.25, 0.3) is 0 Å². The molecule has 0 aliphatic carbocycles. The Morgan fingerprint density at radius 1 is 1.20 bits per heavy atom. The molecule has 2 bridgehead atoms. The van der Waals surface area contributed by atoms with Gasteiger partial charge in [0.05, 0.1) is 13.2 Å². The molecule has 1 aromatic carbocycles. The van der Waals surface area contributed by atoms with Crippen molar-refractivity contribution < 1.29 is 4.74 Å². The van der Waals surface area contributed by atoms with E-state index in [-0.39, 0.29) is 0 Å². The van der Waals surface area contributed by atoms with Gasteiger partial charge in [0.1, 0.15) is 0 Å². The molecule has 2 heterocycles. The summed E-state index contributed by atoms with van der Waals surface area (Å²) < 4.78 is 5.71. The van der Waals surface area contributed by atoms with Gasteiger partial charge in [0, 0.05) is 30.1 Å². The van der Waals surface area contributed by atoms with Gasteiger partial charge in [-0.15, -0.1) is 0 Å². The van der Waals surface area contributed by atoms with E-state index in [1.165, 1.54) is 5.56 Å². The van der Waals surface area contributed by atoms with Gasteiger partial charge in [0.15, 0.2) is 0 Å². The number of rotatable bonds is 4. The number of hydrogen-bond acceptors (Lipinski definition) is 3. The SMILES string of the molecule is [N-]=[N+]=NCC1CC2COCC(C1)N2Cc1ccccc1. The van der Waals surface area contributed by atoms with E-state index in [4.69, 9.17) is 10.3 Å². The van der Waals surface area contributed by atoms with Crippen LogP contribution in [-0.2, 0) is 11.3 Å². The van der Waals surface area contributed by atoms with Gasteiger partial charge < -0.3 is 4.74 Å². The molecule has 2 unspecified atom stereocenters. The molecule has 2 saturated heterocycles. The standard InChI is InChI=1S/C15H20N4O/c16-18-17-8-13-6-14-10-20-11-15(7-13)19(14)9-12-4-2-1-3-5-12/h1-5,13-15H,6-11H2. The minimum Gasteiger partial charge on any atom is -0.378 e. The summed E-state index contributed by atoms with van der Waals surface area (Å²) in [5.74, 6) is 0.511. The van der Waals surface area contributed by atoms with E-state index in [9.17, 15) is 0 Å². The van der Waals surface area contributed by atoms with Crippen molar-refractivity contribution in [1.82, 2.24) is 4.90 Å². The zero-order valence-corrected chi connectivity index (χ0v) is 11.6. The Kier molecular flexibility index (Phi) is 4.21. The normalized spacial score (nSPS) is 29.7. The quantitative estimate of drug-likeness (QED) is 0.480. The van der Waals surface area contributed by atoms with Crippen molar-refractivity contribution in [3.63, 3.8) is 0 Å². The van der Waals surface area contributed by atoms with Gasteiger partial charge in [-0.1, -0.05) is 35.4 Å².